The topological polar surface area (TPSA) is 60.9 Å². The molecule has 0 fully saturated rings. The summed E-state index contributed by atoms with van der Waals surface area (Å²) < 4.78 is 25.2. The summed E-state index contributed by atoms with van der Waals surface area (Å²) in [5, 5.41) is 0. The van der Waals surface area contributed by atoms with Gasteiger partial charge in [0.2, 0.25) is 15.9 Å². The third kappa shape index (κ3) is 5.29. The van der Waals surface area contributed by atoms with Crippen molar-refractivity contribution in [1.29, 1.82) is 0 Å². The molecule has 1 aliphatic rings. The molecule has 1 amide bonds. The number of sulfonamides is 1. The van der Waals surface area contributed by atoms with Gasteiger partial charge < -0.3 is 9.80 Å². The Balaban J connectivity index is 1.98. The summed E-state index contributed by atoms with van der Waals surface area (Å²) in [4.78, 5) is 16.3. The van der Waals surface area contributed by atoms with Gasteiger partial charge >= 0.3 is 0 Å². The number of amides is 1. The van der Waals surface area contributed by atoms with E-state index < -0.39 is 10.0 Å². The van der Waals surface area contributed by atoms with Crippen LogP contribution in [-0.4, -0.2) is 75.0 Å². The summed E-state index contributed by atoms with van der Waals surface area (Å²) in [5.41, 5.74) is 2.42. The van der Waals surface area contributed by atoms with Crippen LogP contribution in [0.1, 0.15) is 17.5 Å². The normalized spacial score (nSPS) is 15.0. The van der Waals surface area contributed by atoms with Crippen LogP contribution in [0.3, 0.4) is 0 Å². The van der Waals surface area contributed by atoms with Gasteiger partial charge in [-0.25, -0.2) is 8.42 Å². The van der Waals surface area contributed by atoms with Crippen molar-refractivity contribution in [3.05, 3.63) is 35.4 Å². The van der Waals surface area contributed by atoms with E-state index in [9.17, 15) is 13.2 Å². The zero-order valence-corrected chi connectivity index (χ0v) is 15.6. The van der Waals surface area contributed by atoms with Gasteiger partial charge in [-0.1, -0.05) is 24.3 Å². The summed E-state index contributed by atoms with van der Waals surface area (Å²) in [6.45, 7) is 2.29. The number of rotatable bonds is 7. The van der Waals surface area contributed by atoms with E-state index in [1.54, 1.807) is 4.90 Å². The molecule has 1 heterocycles. The van der Waals surface area contributed by atoms with Crippen LogP contribution in [0.4, 0.5) is 0 Å². The zero-order valence-electron chi connectivity index (χ0n) is 14.7. The molecule has 0 atom stereocenters. The van der Waals surface area contributed by atoms with Crippen LogP contribution < -0.4 is 0 Å². The number of benzene rings is 1. The lowest BCUT2D eigenvalue weighted by molar-refractivity contribution is -0.132. The quantitative estimate of drug-likeness (QED) is 0.727. The van der Waals surface area contributed by atoms with Gasteiger partial charge in [-0.05, 0) is 44.6 Å². The predicted octanol–water partition coefficient (Wildman–Crippen LogP) is 0.785. The minimum atomic E-state index is -3.39. The van der Waals surface area contributed by atoms with Crippen molar-refractivity contribution in [2.45, 2.75) is 19.4 Å². The highest BCUT2D eigenvalue weighted by molar-refractivity contribution is 7.88. The molecule has 1 aliphatic heterocycles. The first-order valence-electron chi connectivity index (χ1n) is 8.22. The largest absolute Gasteiger partial charge is 0.337 e. The molecule has 0 bridgehead atoms. The molecule has 0 aliphatic carbocycles. The first-order valence-corrected chi connectivity index (χ1v) is 10.1. The van der Waals surface area contributed by atoms with Gasteiger partial charge in [0, 0.05) is 19.6 Å². The number of fused-ring (bicyclic) bond motifs is 1. The van der Waals surface area contributed by atoms with E-state index in [0.29, 0.717) is 26.1 Å². The number of carbonyl (C=O) groups excluding carboxylic acids is 1. The molecule has 0 unspecified atom stereocenters. The van der Waals surface area contributed by atoms with Crippen LogP contribution in [0.2, 0.25) is 0 Å². The Bertz CT molecular complexity index is 673. The van der Waals surface area contributed by atoms with Gasteiger partial charge in [0.1, 0.15) is 0 Å². The molecule has 6 nitrogen and oxygen atoms in total. The van der Waals surface area contributed by atoms with Crippen LogP contribution in [-0.2, 0) is 27.8 Å². The van der Waals surface area contributed by atoms with E-state index in [2.05, 4.69) is 6.07 Å². The molecular formula is C17H27N3O3S. The molecule has 7 heteroatoms. The second-order valence-electron chi connectivity index (χ2n) is 6.59. The minimum Gasteiger partial charge on any atom is -0.337 e. The molecule has 1 aromatic rings. The van der Waals surface area contributed by atoms with Gasteiger partial charge in [0.15, 0.2) is 0 Å². The van der Waals surface area contributed by atoms with Gasteiger partial charge in [-0.2, -0.15) is 4.31 Å². The Kier molecular flexibility index (Phi) is 6.37. The summed E-state index contributed by atoms with van der Waals surface area (Å²) in [5.74, 6) is -0.125. The van der Waals surface area contributed by atoms with Crippen molar-refractivity contribution >= 4 is 15.9 Å². The number of hydrogen-bond acceptors (Lipinski definition) is 4. The highest BCUT2D eigenvalue weighted by atomic mass is 32.2. The van der Waals surface area contributed by atoms with Gasteiger partial charge in [-0.3, -0.25) is 4.79 Å². The van der Waals surface area contributed by atoms with E-state index in [1.807, 2.05) is 37.2 Å². The van der Waals surface area contributed by atoms with Crippen molar-refractivity contribution in [2.24, 2.45) is 0 Å². The lowest BCUT2D eigenvalue weighted by Crippen LogP contribution is -2.44. The predicted molar refractivity (Wildman–Crippen MR) is 95.2 cm³/mol. The van der Waals surface area contributed by atoms with E-state index in [0.717, 1.165) is 18.5 Å². The Hall–Kier alpha value is -1.44. The molecule has 0 radical (unpaired) electrons. The fourth-order valence-electron chi connectivity index (χ4n) is 2.88. The average Bonchev–Trinajstić information content (AvgIpc) is 2.52. The van der Waals surface area contributed by atoms with Crippen LogP contribution in [0, 0.1) is 0 Å². The molecule has 0 saturated carbocycles. The summed E-state index contributed by atoms with van der Waals surface area (Å²) in [6.07, 6.45) is 2.69. The smallest absolute Gasteiger partial charge is 0.238 e. The number of nitrogens with zero attached hydrogens (tertiary/aromatic N) is 3. The summed E-state index contributed by atoms with van der Waals surface area (Å²) in [6, 6.07) is 8.09. The SMILES string of the molecule is CN(C)CCCN(CC(=O)N1CCc2ccccc2C1)S(C)(=O)=O. The third-order valence-electron chi connectivity index (χ3n) is 4.28. The molecule has 24 heavy (non-hydrogen) atoms. The average molecular weight is 353 g/mol. The fourth-order valence-corrected chi connectivity index (χ4v) is 3.69. The zero-order chi connectivity index (χ0) is 17.7. The molecule has 2 rings (SSSR count). The summed E-state index contributed by atoms with van der Waals surface area (Å²) in [7, 11) is 0.501. The van der Waals surface area contributed by atoms with Crippen molar-refractivity contribution in [3.8, 4) is 0 Å². The van der Waals surface area contributed by atoms with Gasteiger partial charge in [0.05, 0.1) is 12.8 Å². The monoisotopic (exact) mass is 353 g/mol. The number of carbonyl (C=O) groups is 1. The lowest BCUT2D eigenvalue weighted by Gasteiger charge is -2.30. The van der Waals surface area contributed by atoms with Crippen LogP contribution in [0.15, 0.2) is 24.3 Å². The first-order chi connectivity index (χ1) is 11.3. The molecule has 134 valence electrons. The lowest BCUT2D eigenvalue weighted by atomic mass is 10.00. The van der Waals surface area contributed by atoms with Crippen molar-refractivity contribution in [2.75, 3.05) is 46.5 Å². The Labute approximate surface area is 145 Å². The number of hydrogen-bond donors (Lipinski definition) is 0. The Morgan fingerprint density at radius 3 is 2.46 bits per heavy atom. The first kappa shape index (κ1) is 18.9. The molecule has 0 N–H and O–H groups in total. The van der Waals surface area contributed by atoms with Crippen molar-refractivity contribution < 1.29 is 13.2 Å². The van der Waals surface area contributed by atoms with Crippen LogP contribution in [0.5, 0.6) is 0 Å². The molecular weight excluding hydrogens is 326 g/mol. The second-order valence-corrected chi connectivity index (χ2v) is 8.57. The maximum absolute atomic E-state index is 12.6. The summed E-state index contributed by atoms with van der Waals surface area (Å²) >= 11 is 0. The maximum Gasteiger partial charge on any atom is 0.238 e. The molecule has 0 saturated heterocycles. The van der Waals surface area contributed by atoms with Crippen LogP contribution >= 0.6 is 0 Å². The van der Waals surface area contributed by atoms with Crippen molar-refractivity contribution in [3.63, 3.8) is 0 Å². The standard InChI is InChI=1S/C17H27N3O3S/c1-18(2)10-6-11-20(24(3,22)23)14-17(21)19-12-9-15-7-4-5-8-16(15)13-19/h4-5,7-8H,6,9-14H2,1-3H3. The minimum absolute atomic E-state index is 0.0750. The third-order valence-corrected chi connectivity index (χ3v) is 5.53. The second kappa shape index (κ2) is 8.09. The van der Waals surface area contributed by atoms with Crippen LogP contribution in [0.25, 0.3) is 0 Å². The molecule has 0 aromatic heterocycles. The Morgan fingerprint density at radius 2 is 1.83 bits per heavy atom. The Morgan fingerprint density at radius 1 is 1.17 bits per heavy atom. The van der Waals surface area contributed by atoms with Gasteiger partial charge in [0.25, 0.3) is 0 Å². The van der Waals surface area contributed by atoms with Crippen molar-refractivity contribution in [1.82, 2.24) is 14.1 Å². The highest BCUT2D eigenvalue weighted by Crippen LogP contribution is 2.18. The molecule has 1 aromatic carbocycles. The van der Waals surface area contributed by atoms with E-state index in [4.69, 9.17) is 0 Å². The van der Waals surface area contributed by atoms with E-state index in [-0.39, 0.29) is 12.5 Å². The van der Waals surface area contributed by atoms with Gasteiger partial charge in [-0.15, -0.1) is 0 Å². The van der Waals surface area contributed by atoms with E-state index >= 15 is 0 Å². The fraction of sp³-hybridized carbons (Fsp3) is 0.588. The molecule has 0 spiro atoms. The highest BCUT2D eigenvalue weighted by Gasteiger charge is 2.25. The maximum atomic E-state index is 12.6. The van der Waals surface area contributed by atoms with E-state index in [1.165, 1.54) is 16.1 Å².